The summed E-state index contributed by atoms with van der Waals surface area (Å²) in [5, 5.41) is 3.07. The summed E-state index contributed by atoms with van der Waals surface area (Å²) in [6.45, 7) is 8.00. The molecule has 0 aliphatic rings. The number of anilines is 3. The molecule has 9 nitrogen and oxygen atoms in total. The lowest BCUT2D eigenvalue weighted by atomic mass is 9.97. The number of rotatable bonds is 10. The fraction of sp³-hybridized carbons (Fsp3) is 0.308. The van der Waals surface area contributed by atoms with E-state index in [1.54, 1.807) is 31.2 Å². The first kappa shape index (κ1) is 27.6. The predicted octanol–water partition coefficient (Wildman–Crippen LogP) is 3.65. The average Bonchev–Trinajstić information content (AvgIpc) is 3.22. The predicted molar refractivity (Wildman–Crippen MR) is 142 cm³/mol. The third kappa shape index (κ3) is 7.26. The molecule has 2 amide bonds. The first-order valence-corrected chi connectivity index (χ1v) is 12.3. The summed E-state index contributed by atoms with van der Waals surface area (Å²) in [6.07, 6.45) is 0. The number of amides is 2. The highest BCUT2D eigenvalue weighted by atomic mass is 32.1. The maximum atomic E-state index is 13.5. The number of nitrogens with one attached hydrogen (secondary N) is 1. The van der Waals surface area contributed by atoms with Gasteiger partial charge in [-0.25, -0.2) is 9.37 Å². The zero-order valence-electron chi connectivity index (χ0n) is 21.1. The molecular formula is C26H30FN5O4S. The van der Waals surface area contributed by atoms with E-state index in [9.17, 15) is 18.8 Å². The van der Waals surface area contributed by atoms with Crippen molar-refractivity contribution in [2.45, 2.75) is 33.7 Å². The summed E-state index contributed by atoms with van der Waals surface area (Å²) in [7, 11) is 0. The van der Waals surface area contributed by atoms with Crippen LogP contribution in [0.2, 0.25) is 0 Å². The number of ether oxygens (including phenoxy) is 1. The first-order chi connectivity index (χ1) is 17.4. The Bertz CT molecular complexity index is 1270. The summed E-state index contributed by atoms with van der Waals surface area (Å²) in [5.74, 6) is -1.27. The molecule has 0 fully saturated rings. The van der Waals surface area contributed by atoms with Crippen LogP contribution in [0.4, 0.5) is 21.0 Å². The molecule has 1 aromatic heterocycles. The van der Waals surface area contributed by atoms with E-state index in [2.05, 4.69) is 10.3 Å². The number of aromatic nitrogens is 1. The number of carbonyl (C=O) groups excluding carboxylic acids is 3. The highest BCUT2D eigenvalue weighted by Crippen LogP contribution is 2.36. The normalized spacial score (nSPS) is 12.0. The van der Waals surface area contributed by atoms with Crippen molar-refractivity contribution < 1.29 is 23.5 Å². The van der Waals surface area contributed by atoms with E-state index in [1.807, 2.05) is 20.8 Å². The van der Waals surface area contributed by atoms with Crippen molar-refractivity contribution in [1.82, 2.24) is 10.3 Å². The molecule has 0 bridgehead atoms. The van der Waals surface area contributed by atoms with Crippen LogP contribution in [0.1, 0.15) is 42.9 Å². The molecule has 0 aliphatic heterocycles. The van der Waals surface area contributed by atoms with Crippen molar-refractivity contribution in [3.8, 4) is 5.75 Å². The molecule has 0 saturated carbocycles. The number of benzene rings is 2. The van der Waals surface area contributed by atoms with Crippen molar-refractivity contribution in [2.24, 2.45) is 11.1 Å². The fourth-order valence-electron chi connectivity index (χ4n) is 3.21. The number of primary amides is 1. The molecule has 0 radical (unpaired) electrons. The number of thiazole rings is 1. The zero-order valence-corrected chi connectivity index (χ0v) is 21.9. The van der Waals surface area contributed by atoms with Gasteiger partial charge in [-0.2, -0.15) is 0 Å². The van der Waals surface area contributed by atoms with E-state index in [0.717, 1.165) is 11.3 Å². The molecule has 1 atom stereocenters. The van der Waals surface area contributed by atoms with Gasteiger partial charge in [-0.05, 0) is 60.9 Å². The Balaban J connectivity index is 1.76. The summed E-state index contributed by atoms with van der Waals surface area (Å²) < 4.78 is 19.0. The van der Waals surface area contributed by atoms with Crippen LogP contribution in [0.15, 0.2) is 48.5 Å². The Morgan fingerprint density at radius 1 is 1.11 bits per heavy atom. The van der Waals surface area contributed by atoms with Gasteiger partial charge in [0.1, 0.15) is 28.3 Å². The number of nitrogen functional groups attached to an aromatic ring is 1. The Kier molecular flexibility index (Phi) is 8.49. The van der Waals surface area contributed by atoms with Crippen LogP contribution >= 0.6 is 11.3 Å². The molecule has 0 saturated heterocycles. The van der Waals surface area contributed by atoms with E-state index in [1.165, 1.54) is 29.2 Å². The van der Waals surface area contributed by atoms with Gasteiger partial charge in [-0.15, -0.1) is 0 Å². The first-order valence-electron chi connectivity index (χ1n) is 11.5. The van der Waals surface area contributed by atoms with Crippen molar-refractivity contribution in [3.05, 3.63) is 64.8 Å². The van der Waals surface area contributed by atoms with Gasteiger partial charge in [0.05, 0.1) is 0 Å². The van der Waals surface area contributed by atoms with Crippen molar-refractivity contribution in [2.75, 3.05) is 23.8 Å². The van der Waals surface area contributed by atoms with Crippen LogP contribution < -0.4 is 26.4 Å². The molecule has 0 unspecified atom stereocenters. The maximum Gasteiger partial charge on any atom is 0.257 e. The van der Waals surface area contributed by atoms with Crippen LogP contribution in [0, 0.1) is 11.2 Å². The van der Waals surface area contributed by atoms with E-state index < -0.39 is 17.8 Å². The second-order valence-electron chi connectivity index (χ2n) is 9.62. The molecule has 11 heteroatoms. The quantitative estimate of drug-likeness (QED) is 0.342. The fourth-order valence-corrected chi connectivity index (χ4v) is 4.26. The molecule has 37 heavy (non-hydrogen) atoms. The average molecular weight is 528 g/mol. The van der Waals surface area contributed by atoms with Crippen LogP contribution in [0.5, 0.6) is 5.75 Å². The van der Waals surface area contributed by atoms with Gasteiger partial charge in [0.15, 0.2) is 11.7 Å². The van der Waals surface area contributed by atoms with Crippen molar-refractivity contribution >= 4 is 45.6 Å². The summed E-state index contributed by atoms with van der Waals surface area (Å²) in [5.41, 5.74) is 12.4. The number of nitrogens with zero attached hydrogens (tertiary/aromatic N) is 2. The lowest BCUT2D eigenvalue weighted by Gasteiger charge is -2.26. The minimum Gasteiger partial charge on any atom is -0.484 e. The number of carbonyl (C=O) groups is 3. The molecule has 196 valence electrons. The Hall–Kier alpha value is -3.99. The van der Waals surface area contributed by atoms with Gasteiger partial charge in [-0.3, -0.25) is 14.4 Å². The number of hydrogen-bond donors (Lipinski definition) is 3. The Labute approximate surface area is 218 Å². The van der Waals surface area contributed by atoms with Crippen LogP contribution in [-0.2, 0) is 9.59 Å². The summed E-state index contributed by atoms with van der Waals surface area (Å²) >= 11 is 0.996. The van der Waals surface area contributed by atoms with Gasteiger partial charge in [0.2, 0.25) is 11.7 Å². The number of nitrogens with two attached hydrogens (primary N) is 2. The van der Waals surface area contributed by atoms with E-state index in [0.29, 0.717) is 23.5 Å². The minimum atomic E-state index is -0.837. The van der Waals surface area contributed by atoms with Gasteiger partial charge >= 0.3 is 0 Å². The van der Waals surface area contributed by atoms with Crippen LogP contribution in [0.25, 0.3) is 0 Å². The smallest absolute Gasteiger partial charge is 0.257 e. The third-order valence-corrected chi connectivity index (χ3v) is 6.33. The second-order valence-corrected chi connectivity index (χ2v) is 10.6. The number of hydrogen-bond acceptors (Lipinski definition) is 8. The summed E-state index contributed by atoms with van der Waals surface area (Å²) in [6, 6.07) is 10.9. The lowest BCUT2D eigenvalue weighted by molar-refractivity contribution is -0.123. The Morgan fingerprint density at radius 3 is 2.30 bits per heavy atom. The maximum absolute atomic E-state index is 13.5. The van der Waals surface area contributed by atoms with E-state index in [4.69, 9.17) is 16.2 Å². The molecule has 5 N–H and O–H groups in total. The van der Waals surface area contributed by atoms with Crippen LogP contribution in [-0.4, -0.2) is 41.8 Å². The molecule has 0 spiro atoms. The molecule has 3 rings (SSSR count). The van der Waals surface area contributed by atoms with Gasteiger partial charge < -0.3 is 26.4 Å². The SMILES string of the molecule is C[C@H](C(N)=O)N(c1ccc(F)cc1)c1nc(N)c(C(=O)c2ccc(OCC(=O)NCC(C)(C)C)cc2)s1. The van der Waals surface area contributed by atoms with Crippen molar-refractivity contribution in [3.63, 3.8) is 0 Å². The zero-order chi connectivity index (χ0) is 27.3. The topological polar surface area (TPSA) is 141 Å². The molecule has 2 aromatic carbocycles. The van der Waals surface area contributed by atoms with Gasteiger partial charge in [0.25, 0.3) is 5.91 Å². The molecular weight excluding hydrogens is 497 g/mol. The highest BCUT2D eigenvalue weighted by Gasteiger charge is 2.27. The van der Waals surface area contributed by atoms with Gasteiger partial charge in [-0.1, -0.05) is 32.1 Å². The highest BCUT2D eigenvalue weighted by molar-refractivity contribution is 7.18. The number of ketones is 1. The van der Waals surface area contributed by atoms with Crippen LogP contribution in [0.3, 0.4) is 0 Å². The molecule has 3 aromatic rings. The van der Waals surface area contributed by atoms with Crippen molar-refractivity contribution in [1.29, 1.82) is 0 Å². The third-order valence-electron chi connectivity index (χ3n) is 5.26. The van der Waals surface area contributed by atoms with E-state index >= 15 is 0 Å². The number of halogens is 1. The second kappa shape index (κ2) is 11.4. The summed E-state index contributed by atoms with van der Waals surface area (Å²) in [4.78, 5) is 43.1. The molecule has 1 heterocycles. The molecule has 0 aliphatic carbocycles. The van der Waals surface area contributed by atoms with E-state index in [-0.39, 0.29) is 39.5 Å². The largest absolute Gasteiger partial charge is 0.484 e. The van der Waals surface area contributed by atoms with Gasteiger partial charge in [0, 0.05) is 17.8 Å². The standard InChI is InChI=1S/C26H30FN5O4S/c1-15(24(29)35)32(18-9-7-17(27)8-10-18)25-31-23(28)22(37-25)21(34)16-5-11-19(12-6-16)36-13-20(33)30-14-26(2,3)4/h5-12,15H,13-14,28H2,1-4H3,(H2,29,35)(H,30,33)/t15-/m1/s1. The minimum absolute atomic E-state index is 0.00960. The lowest BCUT2D eigenvalue weighted by Crippen LogP contribution is -2.39. The monoisotopic (exact) mass is 527 g/mol. The Morgan fingerprint density at radius 2 is 1.73 bits per heavy atom.